The molecule has 0 fully saturated rings. The molecule has 3 aromatic heterocycles. The van der Waals surface area contributed by atoms with Crippen LogP contribution < -0.4 is 5.32 Å². The van der Waals surface area contributed by atoms with Crippen molar-refractivity contribution in [3.63, 3.8) is 0 Å². The molecule has 3 rings (SSSR count). The minimum absolute atomic E-state index is 0.248. The first-order chi connectivity index (χ1) is 11.1. The molecule has 6 nitrogen and oxygen atoms in total. The van der Waals surface area contributed by atoms with E-state index in [4.69, 9.17) is 4.42 Å². The smallest absolute Gasteiger partial charge is 0.248 e. The van der Waals surface area contributed by atoms with Crippen LogP contribution in [0.5, 0.6) is 0 Å². The van der Waals surface area contributed by atoms with Crippen molar-refractivity contribution in [1.82, 2.24) is 14.8 Å². The van der Waals surface area contributed by atoms with Crippen LogP contribution >= 0.6 is 0 Å². The van der Waals surface area contributed by atoms with Gasteiger partial charge in [-0.2, -0.15) is 5.10 Å². The lowest BCUT2D eigenvalue weighted by Crippen LogP contribution is -2.09. The fraction of sp³-hybridized carbons (Fsp3) is 0.118. The Morgan fingerprint density at radius 2 is 2.17 bits per heavy atom. The fourth-order valence-corrected chi connectivity index (χ4v) is 2.17. The van der Waals surface area contributed by atoms with E-state index in [-0.39, 0.29) is 5.91 Å². The van der Waals surface area contributed by atoms with E-state index in [2.05, 4.69) is 15.4 Å². The Morgan fingerprint density at radius 3 is 2.78 bits per heavy atom. The largest absolute Gasteiger partial charge is 0.465 e. The van der Waals surface area contributed by atoms with E-state index in [1.807, 2.05) is 26.0 Å². The molecular weight excluding hydrogens is 292 g/mol. The number of pyridine rings is 1. The number of nitrogens with zero attached hydrogens (tertiary/aromatic N) is 3. The maximum atomic E-state index is 11.8. The highest BCUT2D eigenvalue weighted by Crippen LogP contribution is 2.13. The minimum Gasteiger partial charge on any atom is -0.465 e. The minimum atomic E-state index is -0.248. The zero-order valence-electron chi connectivity index (χ0n) is 12.9. The van der Waals surface area contributed by atoms with Gasteiger partial charge in [0.1, 0.15) is 5.76 Å². The van der Waals surface area contributed by atoms with Crippen LogP contribution in [0.3, 0.4) is 0 Å². The molecule has 0 aliphatic heterocycles. The van der Waals surface area contributed by atoms with Crippen LogP contribution in [0.2, 0.25) is 0 Å². The molecule has 1 N–H and O–H groups in total. The maximum absolute atomic E-state index is 11.8. The van der Waals surface area contributed by atoms with Crippen molar-refractivity contribution < 1.29 is 9.21 Å². The van der Waals surface area contributed by atoms with E-state index in [1.54, 1.807) is 41.4 Å². The van der Waals surface area contributed by atoms with E-state index < -0.39 is 0 Å². The number of nitrogens with one attached hydrogen (secondary N) is 1. The number of aromatic nitrogens is 3. The zero-order valence-corrected chi connectivity index (χ0v) is 12.9. The second-order valence-corrected chi connectivity index (χ2v) is 5.08. The van der Waals surface area contributed by atoms with Gasteiger partial charge in [0.05, 0.1) is 23.8 Å². The molecule has 0 atom stereocenters. The first-order valence-corrected chi connectivity index (χ1v) is 7.14. The highest BCUT2D eigenvalue weighted by molar-refractivity contribution is 6.01. The number of anilines is 1. The molecule has 0 unspecified atom stereocenters. The van der Waals surface area contributed by atoms with Gasteiger partial charge in [0.15, 0.2) is 5.82 Å². The molecule has 0 saturated carbocycles. The van der Waals surface area contributed by atoms with Gasteiger partial charge in [0.2, 0.25) is 5.91 Å². The predicted molar refractivity (Wildman–Crippen MR) is 87.2 cm³/mol. The summed E-state index contributed by atoms with van der Waals surface area (Å²) in [6.07, 6.45) is 6.17. The molecule has 6 heteroatoms. The van der Waals surface area contributed by atoms with Crippen molar-refractivity contribution in [3.8, 4) is 5.82 Å². The van der Waals surface area contributed by atoms with E-state index in [0.717, 1.165) is 11.4 Å². The average molecular weight is 308 g/mol. The van der Waals surface area contributed by atoms with Gasteiger partial charge in [-0.25, -0.2) is 9.67 Å². The Bertz CT molecular complexity index is 830. The molecule has 0 bridgehead atoms. The standard InChI is InChI=1S/C17H16N4O2/c1-12-10-13(2)21(20-12)16-7-5-14(11-18-16)19-17(22)8-6-15-4-3-9-23-15/h3-11H,1-2H3,(H,19,22). The monoisotopic (exact) mass is 308 g/mol. The number of hydrogen-bond acceptors (Lipinski definition) is 4. The number of carbonyl (C=O) groups excluding carboxylic acids is 1. The van der Waals surface area contributed by atoms with Crippen LogP contribution in [0.25, 0.3) is 11.9 Å². The number of rotatable bonds is 4. The Balaban J connectivity index is 1.68. The van der Waals surface area contributed by atoms with Crippen molar-refractivity contribution in [2.45, 2.75) is 13.8 Å². The Hall–Kier alpha value is -3.15. The summed E-state index contributed by atoms with van der Waals surface area (Å²) in [5.74, 6) is 1.08. The molecule has 0 aromatic carbocycles. The van der Waals surface area contributed by atoms with Gasteiger partial charge < -0.3 is 9.73 Å². The molecule has 3 heterocycles. The molecular formula is C17H16N4O2. The summed E-state index contributed by atoms with van der Waals surface area (Å²) in [6, 6.07) is 9.12. The zero-order chi connectivity index (χ0) is 16.2. The second-order valence-electron chi connectivity index (χ2n) is 5.08. The van der Waals surface area contributed by atoms with Gasteiger partial charge in [0.25, 0.3) is 0 Å². The van der Waals surface area contributed by atoms with Crippen molar-refractivity contribution >= 4 is 17.7 Å². The molecule has 116 valence electrons. The van der Waals surface area contributed by atoms with Crippen LogP contribution in [0.4, 0.5) is 5.69 Å². The summed E-state index contributed by atoms with van der Waals surface area (Å²) in [4.78, 5) is 16.2. The van der Waals surface area contributed by atoms with E-state index >= 15 is 0 Å². The number of carbonyl (C=O) groups is 1. The summed E-state index contributed by atoms with van der Waals surface area (Å²) in [5.41, 5.74) is 2.56. The summed E-state index contributed by atoms with van der Waals surface area (Å²) in [5, 5.41) is 7.12. The average Bonchev–Trinajstić information content (AvgIpc) is 3.15. The lowest BCUT2D eigenvalue weighted by Gasteiger charge is -2.05. The van der Waals surface area contributed by atoms with Crippen molar-refractivity contribution in [2.75, 3.05) is 5.32 Å². The third-order valence-electron chi connectivity index (χ3n) is 3.18. The van der Waals surface area contributed by atoms with Crippen LogP contribution in [-0.4, -0.2) is 20.7 Å². The highest BCUT2D eigenvalue weighted by atomic mass is 16.3. The van der Waals surface area contributed by atoms with E-state index in [9.17, 15) is 4.79 Å². The SMILES string of the molecule is Cc1cc(C)n(-c2ccc(NC(=O)C=Cc3ccco3)cn2)n1. The van der Waals surface area contributed by atoms with Gasteiger partial charge in [-0.15, -0.1) is 0 Å². The summed E-state index contributed by atoms with van der Waals surface area (Å²) in [7, 11) is 0. The van der Waals surface area contributed by atoms with Crippen LogP contribution in [-0.2, 0) is 4.79 Å². The quantitative estimate of drug-likeness (QED) is 0.752. The molecule has 0 aliphatic rings. The number of amides is 1. The molecule has 0 radical (unpaired) electrons. The number of furan rings is 1. The maximum Gasteiger partial charge on any atom is 0.248 e. The topological polar surface area (TPSA) is 73.0 Å². The third-order valence-corrected chi connectivity index (χ3v) is 3.18. The molecule has 23 heavy (non-hydrogen) atoms. The number of aryl methyl sites for hydroxylation is 2. The first kappa shape index (κ1) is 14.8. The summed E-state index contributed by atoms with van der Waals surface area (Å²) >= 11 is 0. The van der Waals surface area contributed by atoms with Gasteiger partial charge in [0, 0.05) is 11.8 Å². The summed E-state index contributed by atoms with van der Waals surface area (Å²) in [6.45, 7) is 3.90. The van der Waals surface area contributed by atoms with Gasteiger partial charge >= 0.3 is 0 Å². The highest BCUT2D eigenvalue weighted by Gasteiger charge is 2.05. The van der Waals surface area contributed by atoms with Gasteiger partial charge in [-0.1, -0.05) is 0 Å². The molecule has 0 saturated heterocycles. The fourth-order valence-electron chi connectivity index (χ4n) is 2.17. The van der Waals surface area contributed by atoms with Crippen molar-refractivity contribution in [3.05, 3.63) is 66.0 Å². The van der Waals surface area contributed by atoms with Crippen LogP contribution in [0, 0.1) is 13.8 Å². The van der Waals surface area contributed by atoms with Crippen molar-refractivity contribution in [2.24, 2.45) is 0 Å². The van der Waals surface area contributed by atoms with E-state index in [1.165, 1.54) is 6.08 Å². The summed E-state index contributed by atoms with van der Waals surface area (Å²) < 4.78 is 6.88. The first-order valence-electron chi connectivity index (χ1n) is 7.14. The van der Waals surface area contributed by atoms with Crippen LogP contribution in [0.15, 0.2) is 53.3 Å². The van der Waals surface area contributed by atoms with Crippen molar-refractivity contribution in [1.29, 1.82) is 0 Å². The Kier molecular flexibility index (Phi) is 4.05. The Morgan fingerprint density at radius 1 is 1.30 bits per heavy atom. The van der Waals surface area contributed by atoms with Gasteiger partial charge in [-0.05, 0) is 50.3 Å². The van der Waals surface area contributed by atoms with Crippen LogP contribution in [0.1, 0.15) is 17.1 Å². The lowest BCUT2D eigenvalue weighted by atomic mass is 10.3. The second kappa shape index (κ2) is 6.31. The predicted octanol–water partition coefficient (Wildman–Crippen LogP) is 3.13. The Labute approximate surface area is 133 Å². The molecule has 3 aromatic rings. The lowest BCUT2D eigenvalue weighted by molar-refractivity contribution is -0.111. The molecule has 0 spiro atoms. The third kappa shape index (κ3) is 3.55. The van der Waals surface area contributed by atoms with Gasteiger partial charge in [-0.3, -0.25) is 4.79 Å². The number of hydrogen-bond donors (Lipinski definition) is 1. The van der Waals surface area contributed by atoms with E-state index in [0.29, 0.717) is 17.3 Å². The normalized spacial score (nSPS) is 11.0. The molecule has 1 amide bonds. The molecule has 0 aliphatic carbocycles.